The first-order valence-corrected chi connectivity index (χ1v) is 8.99. The van der Waals surface area contributed by atoms with Gasteiger partial charge >= 0.3 is 0 Å². The highest BCUT2D eigenvalue weighted by atomic mass is 32.2. The molecule has 3 rings (SSSR count). The van der Waals surface area contributed by atoms with E-state index in [1.165, 1.54) is 0 Å². The minimum atomic E-state index is -3.37. The SMILES string of the molecule is COc1ccccc1-c1nc(CCS(=O)(=O)c2ccccc2)no1. The maximum Gasteiger partial charge on any atom is 0.261 e. The molecule has 0 aliphatic carbocycles. The summed E-state index contributed by atoms with van der Waals surface area (Å²) >= 11 is 0. The maximum absolute atomic E-state index is 12.3. The summed E-state index contributed by atoms with van der Waals surface area (Å²) in [5.41, 5.74) is 0.671. The van der Waals surface area contributed by atoms with E-state index in [1.807, 2.05) is 12.1 Å². The molecule has 124 valence electrons. The fourth-order valence-electron chi connectivity index (χ4n) is 2.26. The quantitative estimate of drug-likeness (QED) is 0.684. The zero-order chi connectivity index (χ0) is 17.0. The third-order valence-electron chi connectivity index (χ3n) is 3.50. The van der Waals surface area contributed by atoms with Crippen LogP contribution in [0.3, 0.4) is 0 Å². The van der Waals surface area contributed by atoms with Gasteiger partial charge in [0, 0.05) is 6.42 Å². The second-order valence-electron chi connectivity index (χ2n) is 5.10. The number of aryl methyl sites for hydroxylation is 1. The van der Waals surface area contributed by atoms with Crippen LogP contribution in [0.5, 0.6) is 5.75 Å². The Morgan fingerprint density at radius 1 is 1.04 bits per heavy atom. The second kappa shape index (κ2) is 6.84. The van der Waals surface area contributed by atoms with E-state index in [0.29, 0.717) is 27.9 Å². The molecule has 0 saturated heterocycles. The number of ether oxygens (including phenoxy) is 1. The molecule has 2 aromatic carbocycles. The number of benzene rings is 2. The number of para-hydroxylation sites is 1. The van der Waals surface area contributed by atoms with Crippen molar-refractivity contribution in [2.75, 3.05) is 12.9 Å². The van der Waals surface area contributed by atoms with E-state index in [4.69, 9.17) is 9.26 Å². The van der Waals surface area contributed by atoms with Gasteiger partial charge in [-0.2, -0.15) is 4.98 Å². The van der Waals surface area contributed by atoms with E-state index in [-0.39, 0.29) is 12.2 Å². The molecule has 1 heterocycles. The molecule has 0 N–H and O–H groups in total. The average molecular weight is 344 g/mol. The lowest BCUT2D eigenvalue weighted by Gasteiger charge is -2.03. The molecule has 0 fully saturated rings. The smallest absolute Gasteiger partial charge is 0.261 e. The summed E-state index contributed by atoms with van der Waals surface area (Å²) in [6.07, 6.45) is 0.176. The van der Waals surface area contributed by atoms with Gasteiger partial charge in [0.25, 0.3) is 5.89 Å². The first kappa shape index (κ1) is 16.2. The van der Waals surface area contributed by atoms with E-state index in [2.05, 4.69) is 10.1 Å². The van der Waals surface area contributed by atoms with Crippen LogP contribution in [0.1, 0.15) is 5.82 Å². The van der Waals surface area contributed by atoms with E-state index >= 15 is 0 Å². The Balaban J connectivity index is 1.75. The van der Waals surface area contributed by atoms with Gasteiger partial charge in [0.05, 0.1) is 23.3 Å². The van der Waals surface area contributed by atoms with Crippen LogP contribution in [0.2, 0.25) is 0 Å². The highest BCUT2D eigenvalue weighted by Gasteiger charge is 2.17. The molecule has 6 nitrogen and oxygen atoms in total. The molecule has 0 amide bonds. The third kappa shape index (κ3) is 3.46. The molecule has 0 unspecified atom stereocenters. The molecule has 24 heavy (non-hydrogen) atoms. The van der Waals surface area contributed by atoms with Crippen molar-refractivity contribution < 1.29 is 17.7 Å². The van der Waals surface area contributed by atoms with Crippen LogP contribution in [0.15, 0.2) is 64.0 Å². The maximum atomic E-state index is 12.3. The lowest BCUT2D eigenvalue weighted by molar-refractivity contribution is 0.403. The van der Waals surface area contributed by atoms with E-state index < -0.39 is 9.84 Å². The summed E-state index contributed by atoms with van der Waals surface area (Å²) in [5, 5.41) is 3.86. The fraction of sp³-hybridized carbons (Fsp3) is 0.176. The molecule has 7 heteroatoms. The van der Waals surface area contributed by atoms with Crippen molar-refractivity contribution in [3.05, 3.63) is 60.4 Å². The predicted molar refractivity (Wildman–Crippen MR) is 88.5 cm³/mol. The van der Waals surface area contributed by atoms with Gasteiger partial charge in [0.2, 0.25) is 0 Å². The molecule has 0 spiro atoms. The Morgan fingerprint density at radius 3 is 2.50 bits per heavy atom. The Labute approximate surface area is 140 Å². The van der Waals surface area contributed by atoms with Crippen molar-refractivity contribution in [2.45, 2.75) is 11.3 Å². The summed E-state index contributed by atoms with van der Waals surface area (Å²) < 4.78 is 35.0. The highest BCUT2D eigenvalue weighted by Crippen LogP contribution is 2.28. The predicted octanol–water partition coefficient (Wildman–Crippen LogP) is 2.76. The summed E-state index contributed by atoms with van der Waals surface area (Å²) in [6.45, 7) is 0. The van der Waals surface area contributed by atoms with Crippen LogP contribution in [0.25, 0.3) is 11.5 Å². The zero-order valence-corrected chi connectivity index (χ0v) is 13.9. The van der Waals surface area contributed by atoms with Gasteiger partial charge < -0.3 is 9.26 Å². The monoisotopic (exact) mass is 344 g/mol. The van der Waals surface area contributed by atoms with Gasteiger partial charge in [-0.15, -0.1) is 0 Å². The van der Waals surface area contributed by atoms with Gasteiger partial charge in [-0.25, -0.2) is 8.42 Å². The number of methoxy groups -OCH3 is 1. The van der Waals surface area contributed by atoms with E-state index in [1.54, 1.807) is 49.6 Å². The molecule has 1 aromatic heterocycles. The Hall–Kier alpha value is -2.67. The zero-order valence-electron chi connectivity index (χ0n) is 13.0. The van der Waals surface area contributed by atoms with Crippen LogP contribution in [0.4, 0.5) is 0 Å². The minimum absolute atomic E-state index is 0.0814. The molecule has 0 atom stereocenters. The highest BCUT2D eigenvalue weighted by molar-refractivity contribution is 7.91. The molecular weight excluding hydrogens is 328 g/mol. The van der Waals surface area contributed by atoms with Crippen LogP contribution in [-0.2, 0) is 16.3 Å². The van der Waals surface area contributed by atoms with Crippen molar-refractivity contribution in [3.8, 4) is 17.2 Å². The van der Waals surface area contributed by atoms with Gasteiger partial charge in [-0.3, -0.25) is 0 Å². The summed E-state index contributed by atoms with van der Waals surface area (Å²) in [5.74, 6) is 1.18. The lowest BCUT2D eigenvalue weighted by atomic mass is 10.2. The lowest BCUT2D eigenvalue weighted by Crippen LogP contribution is -2.09. The van der Waals surface area contributed by atoms with Crippen LogP contribution >= 0.6 is 0 Å². The first-order chi connectivity index (χ1) is 11.6. The second-order valence-corrected chi connectivity index (χ2v) is 7.21. The largest absolute Gasteiger partial charge is 0.496 e. The van der Waals surface area contributed by atoms with Crippen molar-refractivity contribution >= 4 is 9.84 Å². The normalized spacial score (nSPS) is 11.4. The van der Waals surface area contributed by atoms with Gasteiger partial charge in [-0.1, -0.05) is 35.5 Å². The number of aromatic nitrogens is 2. The number of rotatable bonds is 6. The standard InChI is InChI=1S/C17H16N2O4S/c1-22-15-10-6-5-9-14(15)17-18-16(19-23-17)11-12-24(20,21)13-7-3-2-4-8-13/h2-10H,11-12H2,1H3. The van der Waals surface area contributed by atoms with E-state index in [9.17, 15) is 8.42 Å². The topological polar surface area (TPSA) is 82.3 Å². The molecule has 0 saturated carbocycles. The molecule has 0 bridgehead atoms. The third-order valence-corrected chi connectivity index (χ3v) is 5.23. The van der Waals surface area contributed by atoms with Gasteiger partial charge in [0.1, 0.15) is 5.75 Å². The van der Waals surface area contributed by atoms with Gasteiger partial charge in [0.15, 0.2) is 15.7 Å². The van der Waals surface area contributed by atoms with E-state index in [0.717, 1.165) is 0 Å². The number of nitrogens with zero attached hydrogens (tertiary/aromatic N) is 2. The fourth-order valence-corrected chi connectivity index (χ4v) is 3.52. The van der Waals surface area contributed by atoms with Crippen molar-refractivity contribution in [1.29, 1.82) is 0 Å². The van der Waals surface area contributed by atoms with Crippen LogP contribution in [0, 0.1) is 0 Å². The number of hydrogen-bond acceptors (Lipinski definition) is 6. The Kier molecular flexibility index (Phi) is 4.61. The van der Waals surface area contributed by atoms with Crippen LogP contribution < -0.4 is 4.74 Å². The molecular formula is C17H16N2O4S. The average Bonchev–Trinajstić information content (AvgIpc) is 3.10. The van der Waals surface area contributed by atoms with Crippen molar-refractivity contribution in [2.24, 2.45) is 0 Å². The molecule has 0 aliphatic rings. The summed E-state index contributed by atoms with van der Waals surface area (Å²) in [6, 6.07) is 15.6. The van der Waals surface area contributed by atoms with Gasteiger partial charge in [-0.05, 0) is 24.3 Å². The molecule has 3 aromatic rings. The number of hydrogen-bond donors (Lipinski definition) is 0. The Morgan fingerprint density at radius 2 is 1.75 bits per heavy atom. The minimum Gasteiger partial charge on any atom is -0.496 e. The Bertz CT molecular complexity index is 921. The van der Waals surface area contributed by atoms with Crippen LogP contribution in [-0.4, -0.2) is 31.4 Å². The van der Waals surface area contributed by atoms with Crippen molar-refractivity contribution in [3.63, 3.8) is 0 Å². The molecule has 0 radical (unpaired) electrons. The van der Waals surface area contributed by atoms with Crippen molar-refractivity contribution in [1.82, 2.24) is 10.1 Å². The molecule has 0 aliphatic heterocycles. The first-order valence-electron chi connectivity index (χ1n) is 7.34. The summed E-state index contributed by atoms with van der Waals surface area (Å²) in [7, 11) is -1.81. The summed E-state index contributed by atoms with van der Waals surface area (Å²) in [4.78, 5) is 4.55. The number of sulfone groups is 1.